The summed E-state index contributed by atoms with van der Waals surface area (Å²) < 4.78 is 5.38. The third-order valence-electron chi connectivity index (χ3n) is 4.56. The first-order chi connectivity index (χ1) is 12.1. The number of benzene rings is 2. The Labute approximate surface area is 147 Å². The van der Waals surface area contributed by atoms with Gasteiger partial charge >= 0.3 is 0 Å². The second-order valence-electron chi connectivity index (χ2n) is 6.13. The van der Waals surface area contributed by atoms with Crippen molar-refractivity contribution >= 4 is 11.8 Å². The molecule has 25 heavy (non-hydrogen) atoms. The normalized spacial score (nSPS) is 12.6. The molecule has 1 heterocycles. The van der Waals surface area contributed by atoms with E-state index in [9.17, 15) is 9.59 Å². The maximum atomic E-state index is 12.6. The van der Waals surface area contributed by atoms with Gasteiger partial charge in [0, 0.05) is 37.7 Å². The predicted octanol–water partition coefficient (Wildman–Crippen LogP) is 2.53. The zero-order valence-electron chi connectivity index (χ0n) is 14.5. The van der Waals surface area contributed by atoms with E-state index in [0.29, 0.717) is 31.5 Å². The van der Waals surface area contributed by atoms with Gasteiger partial charge in [-0.3, -0.25) is 9.59 Å². The van der Waals surface area contributed by atoms with Gasteiger partial charge in [-0.2, -0.15) is 0 Å². The quantitative estimate of drug-likeness (QED) is 0.911. The van der Waals surface area contributed by atoms with E-state index >= 15 is 0 Å². The van der Waals surface area contributed by atoms with Crippen molar-refractivity contribution in [3.8, 4) is 5.75 Å². The van der Waals surface area contributed by atoms with E-state index in [1.807, 2.05) is 41.3 Å². The molecule has 1 aliphatic rings. The average molecular weight is 338 g/mol. The molecule has 0 saturated heterocycles. The molecule has 0 saturated carbocycles. The monoisotopic (exact) mass is 338 g/mol. The highest BCUT2D eigenvalue weighted by molar-refractivity contribution is 5.94. The summed E-state index contributed by atoms with van der Waals surface area (Å²) in [6.07, 6.45) is 1.04. The van der Waals surface area contributed by atoms with Crippen molar-refractivity contribution in [2.45, 2.75) is 25.9 Å². The lowest BCUT2D eigenvalue weighted by Crippen LogP contribution is -2.25. The van der Waals surface area contributed by atoms with Gasteiger partial charge in [0.25, 0.3) is 5.91 Å². The van der Waals surface area contributed by atoms with Crippen molar-refractivity contribution in [2.24, 2.45) is 0 Å². The zero-order chi connectivity index (χ0) is 17.8. The van der Waals surface area contributed by atoms with E-state index in [1.54, 1.807) is 20.2 Å². The lowest BCUT2D eigenvalue weighted by molar-refractivity contribution is -0.131. The Morgan fingerprint density at radius 2 is 1.96 bits per heavy atom. The number of amides is 2. The second kappa shape index (κ2) is 7.38. The van der Waals surface area contributed by atoms with Crippen LogP contribution in [0.5, 0.6) is 5.75 Å². The van der Waals surface area contributed by atoms with Gasteiger partial charge in [-0.25, -0.2) is 0 Å². The third-order valence-corrected chi connectivity index (χ3v) is 4.56. The van der Waals surface area contributed by atoms with E-state index in [-0.39, 0.29) is 11.8 Å². The van der Waals surface area contributed by atoms with Gasteiger partial charge in [-0.05, 0) is 35.7 Å². The van der Waals surface area contributed by atoms with Crippen LogP contribution in [0.25, 0.3) is 0 Å². The van der Waals surface area contributed by atoms with Gasteiger partial charge < -0.3 is 15.0 Å². The van der Waals surface area contributed by atoms with Crippen LogP contribution in [0.15, 0.2) is 42.5 Å². The molecule has 3 rings (SSSR count). The molecule has 1 N–H and O–H groups in total. The van der Waals surface area contributed by atoms with Crippen LogP contribution in [0, 0.1) is 0 Å². The first kappa shape index (κ1) is 17.0. The number of carbonyl (C=O) groups is 2. The Morgan fingerprint density at radius 3 is 2.72 bits per heavy atom. The fourth-order valence-corrected chi connectivity index (χ4v) is 3.18. The number of nitrogens with zero attached hydrogens (tertiary/aromatic N) is 1. The first-order valence-corrected chi connectivity index (χ1v) is 8.36. The van der Waals surface area contributed by atoms with E-state index in [4.69, 9.17) is 4.74 Å². The highest BCUT2D eigenvalue weighted by Gasteiger charge is 2.25. The van der Waals surface area contributed by atoms with Crippen molar-refractivity contribution in [3.05, 3.63) is 64.7 Å². The van der Waals surface area contributed by atoms with Crippen LogP contribution in [0.1, 0.15) is 33.5 Å². The number of aryl methyl sites for hydroxylation is 1. The largest absolute Gasteiger partial charge is 0.496 e. The fourth-order valence-electron chi connectivity index (χ4n) is 3.18. The van der Waals surface area contributed by atoms with Gasteiger partial charge in [0.2, 0.25) is 5.91 Å². The number of fused-ring (bicyclic) bond motifs is 1. The highest BCUT2D eigenvalue weighted by atomic mass is 16.5. The standard InChI is InChI=1S/C20H22N2O3/c1-21-20(24)15-6-3-5-14(11-15)9-10-19(23)22-12-16-7-4-8-18(25-2)17(16)13-22/h3-8,11H,9-10,12-13H2,1-2H3,(H,21,24). The molecule has 0 aromatic heterocycles. The summed E-state index contributed by atoms with van der Waals surface area (Å²) in [5.74, 6) is 0.838. The van der Waals surface area contributed by atoms with Crippen molar-refractivity contribution in [1.29, 1.82) is 0 Å². The van der Waals surface area contributed by atoms with Crippen LogP contribution in [0.3, 0.4) is 0 Å². The molecule has 0 bridgehead atoms. The van der Waals surface area contributed by atoms with Crippen LogP contribution in [0.2, 0.25) is 0 Å². The molecule has 2 amide bonds. The first-order valence-electron chi connectivity index (χ1n) is 8.36. The number of nitrogens with one attached hydrogen (secondary N) is 1. The summed E-state index contributed by atoms with van der Waals surface area (Å²) in [4.78, 5) is 26.1. The third kappa shape index (κ3) is 3.65. The van der Waals surface area contributed by atoms with Crippen LogP contribution >= 0.6 is 0 Å². The van der Waals surface area contributed by atoms with Crippen molar-refractivity contribution in [3.63, 3.8) is 0 Å². The Hall–Kier alpha value is -2.82. The summed E-state index contributed by atoms with van der Waals surface area (Å²) in [6.45, 7) is 1.22. The number of methoxy groups -OCH3 is 1. The molecule has 5 nitrogen and oxygen atoms in total. The maximum absolute atomic E-state index is 12.6. The fraction of sp³-hybridized carbons (Fsp3) is 0.300. The van der Waals surface area contributed by atoms with Crippen LogP contribution in [0.4, 0.5) is 0 Å². The summed E-state index contributed by atoms with van der Waals surface area (Å²) in [7, 11) is 3.26. The molecule has 0 unspecified atom stereocenters. The Kier molecular flexibility index (Phi) is 5.03. The van der Waals surface area contributed by atoms with Gasteiger partial charge in [0.05, 0.1) is 7.11 Å². The topological polar surface area (TPSA) is 58.6 Å². The number of ether oxygens (including phenoxy) is 1. The van der Waals surface area contributed by atoms with Crippen molar-refractivity contribution < 1.29 is 14.3 Å². The summed E-state index contributed by atoms with van der Waals surface area (Å²) in [6, 6.07) is 13.3. The Bertz CT molecular complexity index is 801. The lowest BCUT2D eigenvalue weighted by Gasteiger charge is -2.15. The minimum absolute atomic E-state index is 0.114. The summed E-state index contributed by atoms with van der Waals surface area (Å²) >= 11 is 0. The average Bonchev–Trinajstić information content (AvgIpc) is 3.10. The Balaban J connectivity index is 1.62. The van der Waals surface area contributed by atoms with E-state index in [0.717, 1.165) is 22.4 Å². The summed E-state index contributed by atoms with van der Waals surface area (Å²) in [5, 5.41) is 2.61. The van der Waals surface area contributed by atoms with Crippen LogP contribution in [-0.2, 0) is 24.3 Å². The molecule has 0 fully saturated rings. The summed E-state index contributed by atoms with van der Waals surface area (Å²) in [5.41, 5.74) is 3.85. The highest BCUT2D eigenvalue weighted by Crippen LogP contribution is 2.31. The van der Waals surface area contributed by atoms with Crippen molar-refractivity contribution in [1.82, 2.24) is 10.2 Å². The van der Waals surface area contributed by atoms with Gasteiger partial charge in [0.1, 0.15) is 5.75 Å². The molecule has 0 radical (unpaired) electrons. The molecule has 2 aromatic carbocycles. The molecule has 130 valence electrons. The van der Waals surface area contributed by atoms with Gasteiger partial charge in [0.15, 0.2) is 0 Å². The molecular weight excluding hydrogens is 316 g/mol. The van der Waals surface area contributed by atoms with Crippen LogP contribution in [-0.4, -0.2) is 30.9 Å². The number of carbonyl (C=O) groups excluding carboxylic acids is 2. The van der Waals surface area contributed by atoms with Gasteiger partial charge in [-0.15, -0.1) is 0 Å². The number of hydrogen-bond donors (Lipinski definition) is 1. The molecule has 0 spiro atoms. The van der Waals surface area contributed by atoms with E-state index < -0.39 is 0 Å². The van der Waals surface area contributed by atoms with E-state index in [2.05, 4.69) is 5.32 Å². The lowest BCUT2D eigenvalue weighted by atomic mass is 10.1. The number of rotatable bonds is 5. The zero-order valence-corrected chi connectivity index (χ0v) is 14.5. The van der Waals surface area contributed by atoms with Gasteiger partial charge in [-0.1, -0.05) is 24.3 Å². The molecule has 1 aliphatic heterocycles. The molecule has 0 aliphatic carbocycles. The predicted molar refractivity (Wildman–Crippen MR) is 95.4 cm³/mol. The second-order valence-corrected chi connectivity index (χ2v) is 6.13. The number of hydrogen-bond acceptors (Lipinski definition) is 3. The van der Waals surface area contributed by atoms with Crippen molar-refractivity contribution in [2.75, 3.05) is 14.2 Å². The molecular formula is C20H22N2O3. The smallest absolute Gasteiger partial charge is 0.251 e. The Morgan fingerprint density at radius 1 is 1.16 bits per heavy atom. The maximum Gasteiger partial charge on any atom is 0.251 e. The minimum Gasteiger partial charge on any atom is -0.496 e. The minimum atomic E-state index is -0.115. The molecule has 2 aromatic rings. The van der Waals surface area contributed by atoms with E-state index in [1.165, 1.54) is 0 Å². The SMILES string of the molecule is CNC(=O)c1cccc(CCC(=O)N2Cc3cccc(OC)c3C2)c1. The van der Waals surface area contributed by atoms with Crippen LogP contribution < -0.4 is 10.1 Å². The molecule has 0 atom stereocenters. The molecule has 5 heteroatoms.